The summed E-state index contributed by atoms with van der Waals surface area (Å²) >= 11 is 0. The molecule has 3 heteroatoms. The van der Waals surface area contributed by atoms with Crippen LogP contribution in [0.25, 0.3) is 0 Å². The summed E-state index contributed by atoms with van der Waals surface area (Å²) < 4.78 is 0. The van der Waals surface area contributed by atoms with Gasteiger partial charge in [0.25, 0.3) is 0 Å². The standard InChI is InChI=1S/C4H9N.2BrH/c1-2-4-5-3-1;;/h5H,1-4H2;2*1H. The van der Waals surface area contributed by atoms with Gasteiger partial charge in [-0.1, -0.05) is 0 Å². The van der Waals surface area contributed by atoms with Crippen molar-refractivity contribution < 1.29 is 0 Å². The fourth-order valence-electron chi connectivity index (χ4n) is 0.625. The maximum absolute atomic E-state index is 3.22. The number of rotatable bonds is 0. The molecule has 1 heterocycles. The molecule has 0 spiro atoms. The van der Waals surface area contributed by atoms with Gasteiger partial charge >= 0.3 is 0 Å². The lowest BCUT2D eigenvalue weighted by atomic mass is 10.4. The molecule has 0 unspecified atom stereocenters. The molecule has 0 aliphatic carbocycles. The Morgan fingerprint density at radius 2 is 1.29 bits per heavy atom. The van der Waals surface area contributed by atoms with Gasteiger partial charge in [-0.25, -0.2) is 0 Å². The lowest BCUT2D eigenvalue weighted by Crippen LogP contribution is -2.03. The van der Waals surface area contributed by atoms with Crippen molar-refractivity contribution in [1.82, 2.24) is 5.32 Å². The Balaban J connectivity index is 0. The highest BCUT2D eigenvalue weighted by Gasteiger charge is 1.93. The van der Waals surface area contributed by atoms with Crippen LogP contribution in [0.2, 0.25) is 0 Å². The second-order valence-corrected chi connectivity index (χ2v) is 1.46. The molecule has 1 nitrogen and oxygen atoms in total. The molecule has 0 aromatic rings. The topological polar surface area (TPSA) is 12.0 Å². The van der Waals surface area contributed by atoms with E-state index in [1.807, 2.05) is 0 Å². The molecule has 0 radical (unpaired) electrons. The summed E-state index contributed by atoms with van der Waals surface area (Å²) in [4.78, 5) is 0. The lowest BCUT2D eigenvalue weighted by Gasteiger charge is -1.76. The van der Waals surface area contributed by atoms with Gasteiger partial charge in [0.1, 0.15) is 0 Å². The van der Waals surface area contributed by atoms with E-state index in [9.17, 15) is 0 Å². The second-order valence-electron chi connectivity index (χ2n) is 1.46. The van der Waals surface area contributed by atoms with Gasteiger partial charge in [0.2, 0.25) is 0 Å². The summed E-state index contributed by atoms with van der Waals surface area (Å²) in [6, 6.07) is 0. The maximum Gasteiger partial charge on any atom is -0.00484 e. The monoisotopic (exact) mass is 231 g/mol. The van der Waals surface area contributed by atoms with Crippen molar-refractivity contribution in [3.05, 3.63) is 0 Å². The van der Waals surface area contributed by atoms with E-state index in [0.717, 1.165) is 0 Å². The molecule has 0 aromatic carbocycles. The highest BCUT2D eigenvalue weighted by Crippen LogP contribution is 1.90. The van der Waals surface area contributed by atoms with Gasteiger partial charge in [-0.05, 0) is 25.9 Å². The first-order valence-corrected chi connectivity index (χ1v) is 2.21. The van der Waals surface area contributed by atoms with Gasteiger partial charge in [-0.2, -0.15) is 0 Å². The first-order chi connectivity index (χ1) is 2.50. The van der Waals surface area contributed by atoms with Crippen LogP contribution in [-0.2, 0) is 0 Å². The highest BCUT2D eigenvalue weighted by molar-refractivity contribution is 8.93. The third kappa shape index (κ3) is 4.78. The van der Waals surface area contributed by atoms with Crippen molar-refractivity contribution in [2.75, 3.05) is 13.1 Å². The fraction of sp³-hybridized carbons (Fsp3) is 1.00. The van der Waals surface area contributed by atoms with E-state index in [1.54, 1.807) is 0 Å². The first-order valence-electron chi connectivity index (χ1n) is 2.21. The predicted octanol–water partition coefficient (Wildman–Crippen LogP) is 1.53. The van der Waals surface area contributed by atoms with E-state index in [-0.39, 0.29) is 34.0 Å². The van der Waals surface area contributed by atoms with E-state index in [2.05, 4.69) is 5.32 Å². The fourth-order valence-corrected chi connectivity index (χ4v) is 0.625. The van der Waals surface area contributed by atoms with Crippen molar-refractivity contribution in [1.29, 1.82) is 0 Å². The van der Waals surface area contributed by atoms with E-state index in [1.165, 1.54) is 25.9 Å². The minimum absolute atomic E-state index is 0. The Bertz CT molecular complexity index is 21.3. The molecule has 1 rings (SSSR count). The van der Waals surface area contributed by atoms with Gasteiger partial charge in [0, 0.05) is 0 Å². The second kappa shape index (κ2) is 6.92. The minimum Gasteiger partial charge on any atom is -0.317 e. The normalized spacial score (nSPS) is 17.1. The van der Waals surface area contributed by atoms with Crippen LogP contribution in [0, 0.1) is 0 Å². The third-order valence-corrected chi connectivity index (χ3v) is 0.957. The molecular weight excluding hydrogens is 222 g/mol. The summed E-state index contributed by atoms with van der Waals surface area (Å²) in [7, 11) is 0. The average molecular weight is 233 g/mol. The van der Waals surface area contributed by atoms with Crippen LogP contribution < -0.4 is 5.32 Å². The maximum atomic E-state index is 3.22. The highest BCUT2D eigenvalue weighted by atomic mass is 79.9. The van der Waals surface area contributed by atoms with Crippen LogP contribution in [0.3, 0.4) is 0 Å². The molecule has 0 atom stereocenters. The van der Waals surface area contributed by atoms with Crippen molar-refractivity contribution in [2.45, 2.75) is 12.8 Å². The van der Waals surface area contributed by atoms with E-state index in [4.69, 9.17) is 0 Å². The lowest BCUT2D eigenvalue weighted by molar-refractivity contribution is 0.857. The van der Waals surface area contributed by atoms with Crippen molar-refractivity contribution in [3.8, 4) is 0 Å². The van der Waals surface area contributed by atoms with Gasteiger partial charge in [0.05, 0.1) is 0 Å². The first kappa shape index (κ1) is 10.8. The van der Waals surface area contributed by atoms with Crippen molar-refractivity contribution in [3.63, 3.8) is 0 Å². The number of nitrogens with one attached hydrogen (secondary N) is 1. The molecule has 1 aliphatic rings. The zero-order valence-electron chi connectivity index (χ0n) is 4.14. The van der Waals surface area contributed by atoms with Gasteiger partial charge in [0.15, 0.2) is 0 Å². The smallest absolute Gasteiger partial charge is 0.00484 e. The average Bonchev–Trinajstić information content (AvgIpc) is 1.76. The molecule has 1 N–H and O–H groups in total. The summed E-state index contributed by atoms with van der Waals surface area (Å²) in [6.07, 6.45) is 2.78. The Morgan fingerprint density at radius 1 is 0.857 bits per heavy atom. The molecular formula is C4H11Br2N. The Kier molecular flexibility index (Phi) is 10.7. The zero-order chi connectivity index (χ0) is 3.54. The minimum atomic E-state index is 0. The number of hydrogen-bond acceptors (Lipinski definition) is 1. The van der Waals surface area contributed by atoms with Gasteiger partial charge < -0.3 is 5.32 Å². The largest absolute Gasteiger partial charge is 0.317 e. The molecule has 0 aromatic heterocycles. The van der Waals surface area contributed by atoms with Crippen LogP contribution >= 0.6 is 34.0 Å². The van der Waals surface area contributed by atoms with Crippen molar-refractivity contribution >= 4 is 34.0 Å². The summed E-state index contributed by atoms with van der Waals surface area (Å²) in [5.74, 6) is 0. The van der Waals surface area contributed by atoms with E-state index in [0.29, 0.717) is 0 Å². The van der Waals surface area contributed by atoms with Crippen LogP contribution in [0.4, 0.5) is 0 Å². The third-order valence-electron chi connectivity index (χ3n) is 0.957. The Labute approximate surface area is 65.4 Å². The molecule has 7 heavy (non-hydrogen) atoms. The quantitative estimate of drug-likeness (QED) is 0.668. The van der Waals surface area contributed by atoms with Gasteiger partial charge in [-0.15, -0.1) is 34.0 Å². The molecule has 0 amide bonds. The Morgan fingerprint density at radius 3 is 1.43 bits per heavy atom. The Hall–Kier alpha value is 0.920. The number of halogens is 2. The van der Waals surface area contributed by atoms with E-state index < -0.39 is 0 Å². The molecule has 1 fully saturated rings. The number of hydrogen-bond donors (Lipinski definition) is 1. The zero-order valence-corrected chi connectivity index (χ0v) is 7.57. The summed E-state index contributed by atoms with van der Waals surface area (Å²) in [5, 5.41) is 3.22. The summed E-state index contributed by atoms with van der Waals surface area (Å²) in [6.45, 7) is 2.50. The van der Waals surface area contributed by atoms with Crippen molar-refractivity contribution in [2.24, 2.45) is 0 Å². The summed E-state index contributed by atoms with van der Waals surface area (Å²) in [5.41, 5.74) is 0. The van der Waals surface area contributed by atoms with Crippen LogP contribution in [0.5, 0.6) is 0 Å². The van der Waals surface area contributed by atoms with Crippen LogP contribution in [0.15, 0.2) is 0 Å². The van der Waals surface area contributed by atoms with Crippen LogP contribution in [0.1, 0.15) is 12.8 Å². The molecule has 46 valence electrons. The van der Waals surface area contributed by atoms with E-state index >= 15 is 0 Å². The van der Waals surface area contributed by atoms with Crippen LogP contribution in [-0.4, -0.2) is 13.1 Å². The predicted molar refractivity (Wildman–Crippen MR) is 42.7 cm³/mol. The molecule has 0 bridgehead atoms. The molecule has 1 aliphatic heterocycles. The molecule has 0 saturated carbocycles. The van der Waals surface area contributed by atoms with Gasteiger partial charge in [-0.3, -0.25) is 0 Å². The SMILES string of the molecule is Br.Br.C1CCNC1. The molecule has 1 saturated heterocycles.